The molecule has 0 saturated carbocycles. The second-order valence-electron chi connectivity index (χ2n) is 4.26. The van der Waals surface area contributed by atoms with Crippen LogP contribution in [0.2, 0.25) is 0 Å². The highest BCUT2D eigenvalue weighted by atomic mass is 127. The smallest absolute Gasteiger partial charge is 0.177 e. The van der Waals surface area contributed by atoms with Gasteiger partial charge in [0.25, 0.3) is 0 Å². The van der Waals surface area contributed by atoms with Crippen LogP contribution in [0.5, 0.6) is 0 Å². The number of hydrogen-bond donors (Lipinski definition) is 1. The first-order valence-corrected chi connectivity index (χ1v) is 7.00. The Morgan fingerprint density at radius 2 is 1.85 bits per heavy atom. The molecule has 3 rings (SSSR count). The van der Waals surface area contributed by atoms with Gasteiger partial charge in [-0.05, 0) is 46.4 Å². The van der Waals surface area contributed by atoms with Crippen LogP contribution in [0.4, 0.5) is 10.2 Å². The van der Waals surface area contributed by atoms with Crippen LogP contribution < -0.4 is 5.73 Å². The van der Waals surface area contributed by atoms with Gasteiger partial charge in [-0.25, -0.2) is 4.39 Å². The lowest BCUT2D eigenvalue weighted by Crippen LogP contribution is -1.90. The molecule has 0 unspecified atom stereocenters. The van der Waals surface area contributed by atoms with Gasteiger partial charge in [0.15, 0.2) is 11.6 Å². The van der Waals surface area contributed by atoms with E-state index in [4.69, 9.17) is 10.3 Å². The molecule has 1 aromatic heterocycles. The molecule has 100 valence electrons. The Hall–Kier alpha value is -1.89. The zero-order valence-electron chi connectivity index (χ0n) is 10.3. The van der Waals surface area contributed by atoms with E-state index < -0.39 is 0 Å². The van der Waals surface area contributed by atoms with E-state index in [1.165, 1.54) is 12.1 Å². The summed E-state index contributed by atoms with van der Waals surface area (Å²) in [6, 6.07) is 14.1. The predicted molar refractivity (Wildman–Crippen MR) is 84.5 cm³/mol. The van der Waals surface area contributed by atoms with E-state index in [0.29, 0.717) is 11.6 Å². The molecular formula is C15H10FIN2O. The van der Waals surface area contributed by atoms with Gasteiger partial charge in [0, 0.05) is 9.13 Å². The molecule has 0 aliphatic heterocycles. The fraction of sp³-hybridized carbons (Fsp3) is 0. The van der Waals surface area contributed by atoms with Gasteiger partial charge in [0.05, 0.1) is 5.56 Å². The second kappa shape index (κ2) is 5.24. The van der Waals surface area contributed by atoms with E-state index >= 15 is 0 Å². The summed E-state index contributed by atoms with van der Waals surface area (Å²) in [6.45, 7) is 0. The number of nitrogens with zero attached hydrogens (tertiary/aromatic N) is 1. The van der Waals surface area contributed by atoms with Gasteiger partial charge in [-0.15, -0.1) is 0 Å². The van der Waals surface area contributed by atoms with Crippen LogP contribution in [-0.2, 0) is 0 Å². The van der Waals surface area contributed by atoms with Gasteiger partial charge in [-0.1, -0.05) is 35.5 Å². The highest BCUT2D eigenvalue weighted by Crippen LogP contribution is 2.38. The normalized spacial score (nSPS) is 10.7. The first-order valence-electron chi connectivity index (χ1n) is 5.93. The Balaban J connectivity index is 2.21. The maximum Gasteiger partial charge on any atom is 0.177 e. The Kier molecular flexibility index (Phi) is 3.43. The van der Waals surface area contributed by atoms with Gasteiger partial charge in [0.2, 0.25) is 0 Å². The molecule has 0 bridgehead atoms. The summed E-state index contributed by atoms with van der Waals surface area (Å²) in [7, 11) is 0. The average molecular weight is 380 g/mol. The van der Waals surface area contributed by atoms with Crippen molar-refractivity contribution in [2.75, 3.05) is 5.73 Å². The number of benzene rings is 2. The van der Waals surface area contributed by atoms with Gasteiger partial charge >= 0.3 is 0 Å². The van der Waals surface area contributed by atoms with Crippen molar-refractivity contribution >= 4 is 28.4 Å². The molecule has 2 aromatic carbocycles. The minimum absolute atomic E-state index is 0.285. The molecular weight excluding hydrogens is 370 g/mol. The number of anilines is 1. The molecule has 2 N–H and O–H groups in total. The van der Waals surface area contributed by atoms with Crippen LogP contribution in [0.25, 0.3) is 22.5 Å². The van der Waals surface area contributed by atoms with Crippen LogP contribution in [0.1, 0.15) is 0 Å². The van der Waals surface area contributed by atoms with Crippen molar-refractivity contribution in [1.82, 2.24) is 5.16 Å². The standard InChI is InChI=1S/C15H10FIN2O/c16-10-6-7-11(12(17)8-10)14-13(15(18)19-20-14)9-4-2-1-3-5-9/h1-8H,(H2,18,19). The quantitative estimate of drug-likeness (QED) is 0.674. The zero-order chi connectivity index (χ0) is 14.1. The fourth-order valence-corrected chi connectivity index (χ4v) is 2.77. The van der Waals surface area contributed by atoms with E-state index in [1.807, 2.05) is 30.3 Å². The van der Waals surface area contributed by atoms with E-state index in [2.05, 4.69) is 27.7 Å². The molecule has 3 aromatic rings. The molecule has 0 amide bonds. The van der Waals surface area contributed by atoms with Crippen molar-refractivity contribution < 1.29 is 8.91 Å². The van der Waals surface area contributed by atoms with E-state index in [-0.39, 0.29) is 5.82 Å². The monoisotopic (exact) mass is 380 g/mol. The number of aromatic nitrogens is 1. The number of hydrogen-bond acceptors (Lipinski definition) is 3. The molecule has 0 aliphatic carbocycles. The third-order valence-electron chi connectivity index (χ3n) is 2.96. The molecule has 0 saturated heterocycles. The number of rotatable bonds is 2. The maximum absolute atomic E-state index is 13.2. The molecule has 1 heterocycles. The average Bonchev–Trinajstić information content (AvgIpc) is 2.81. The Bertz CT molecular complexity index is 756. The minimum Gasteiger partial charge on any atom is -0.380 e. The third kappa shape index (κ3) is 2.29. The number of nitrogen functional groups attached to an aromatic ring is 1. The summed E-state index contributed by atoms with van der Waals surface area (Å²) < 4.78 is 19.3. The van der Waals surface area contributed by atoms with E-state index in [0.717, 1.165) is 20.3 Å². The SMILES string of the molecule is Nc1noc(-c2ccc(F)cc2I)c1-c1ccccc1. The third-order valence-corrected chi connectivity index (χ3v) is 3.85. The van der Waals surface area contributed by atoms with Gasteiger partial charge in [-0.2, -0.15) is 0 Å². The lowest BCUT2D eigenvalue weighted by atomic mass is 10.0. The summed E-state index contributed by atoms with van der Waals surface area (Å²) in [4.78, 5) is 0. The maximum atomic E-state index is 13.2. The van der Waals surface area contributed by atoms with Gasteiger partial charge < -0.3 is 10.3 Å². The van der Waals surface area contributed by atoms with Crippen molar-refractivity contribution in [3.8, 4) is 22.5 Å². The molecule has 0 fully saturated rings. The van der Waals surface area contributed by atoms with Crippen LogP contribution in [0.3, 0.4) is 0 Å². The molecule has 5 heteroatoms. The Morgan fingerprint density at radius 1 is 1.10 bits per heavy atom. The topological polar surface area (TPSA) is 52.0 Å². The van der Waals surface area contributed by atoms with E-state index in [1.54, 1.807) is 6.07 Å². The molecule has 0 aliphatic rings. The second-order valence-corrected chi connectivity index (χ2v) is 5.42. The molecule has 0 atom stereocenters. The predicted octanol–water partition coefficient (Wildman–Crippen LogP) is 4.33. The summed E-state index contributed by atoms with van der Waals surface area (Å²) in [5.74, 6) is 0.594. The van der Waals surface area contributed by atoms with Crippen molar-refractivity contribution in [1.29, 1.82) is 0 Å². The van der Waals surface area contributed by atoms with Crippen molar-refractivity contribution in [2.45, 2.75) is 0 Å². The van der Waals surface area contributed by atoms with Crippen molar-refractivity contribution in [3.63, 3.8) is 0 Å². The van der Waals surface area contributed by atoms with E-state index in [9.17, 15) is 4.39 Å². The lowest BCUT2D eigenvalue weighted by Gasteiger charge is -2.05. The zero-order valence-corrected chi connectivity index (χ0v) is 12.5. The number of nitrogens with two attached hydrogens (primary N) is 1. The molecule has 20 heavy (non-hydrogen) atoms. The van der Waals surface area contributed by atoms with Crippen LogP contribution in [-0.4, -0.2) is 5.16 Å². The first-order chi connectivity index (χ1) is 9.66. The largest absolute Gasteiger partial charge is 0.380 e. The summed E-state index contributed by atoms with van der Waals surface area (Å²) in [6.07, 6.45) is 0. The first kappa shape index (κ1) is 13.1. The number of halogens is 2. The molecule has 0 radical (unpaired) electrons. The fourth-order valence-electron chi connectivity index (χ4n) is 2.04. The highest BCUT2D eigenvalue weighted by Gasteiger charge is 2.19. The Morgan fingerprint density at radius 3 is 2.55 bits per heavy atom. The molecule has 0 spiro atoms. The minimum atomic E-state index is -0.285. The summed E-state index contributed by atoms with van der Waals surface area (Å²) in [5.41, 5.74) is 8.33. The molecule has 3 nitrogen and oxygen atoms in total. The van der Waals surface area contributed by atoms with Crippen LogP contribution in [0, 0.1) is 9.39 Å². The lowest BCUT2D eigenvalue weighted by molar-refractivity contribution is 0.436. The van der Waals surface area contributed by atoms with Gasteiger partial charge in [0.1, 0.15) is 5.82 Å². The summed E-state index contributed by atoms with van der Waals surface area (Å²) in [5, 5.41) is 3.84. The van der Waals surface area contributed by atoms with Gasteiger partial charge in [-0.3, -0.25) is 0 Å². The van der Waals surface area contributed by atoms with Crippen molar-refractivity contribution in [2.24, 2.45) is 0 Å². The van der Waals surface area contributed by atoms with Crippen molar-refractivity contribution in [3.05, 3.63) is 57.9 Å². The summed E-state index contributed by atoms with van der Waals surface area (Å²) >= 11 is 2.07. The van der Waals surface area contributed by atoms with Crippen LogP contribution in [0.15, 0.2) is 53.1 Å². The highest BCUT2D eigenvalue weighted by molar-refractivity contribution is 14.1. The van der Waals surface area contributed by atoms with Crippen LogP contribution >= 0.6 is 22.6 Å². The Labute approximate surface area is 128 Å².